The number of hydrogen-bond donors (Lipinski definition) is 1. The van der Waals surface area contributed by atoms with Gasteiger partial charge in [-0.2, -0.15) is 5.26 Å². The van der Waals surface area contributed by atoms with Crippen molar-refractivity contribution in [3.05, 3.63) is 169 Å². The number of aromatic nitrogens is 2. The van der Waals surface area contributed by atoms with Crippen LogP contribution in [-0.2, 0) is 0 Å². The molecular formula is C48H28N4. The minimum absolute atomic E-state index is 0.547. The lowest BCUT2D eigenvalue weighted by Crippen LogP contribution is -2.06. The molecule has 0 aliphatic rings. The molecule has 0 saturated heterocycles. The van der Waals surface area contributed by atoms with E-state index in [-0.39, 0.29) is 0 Å². The minimum Gasteiger partial charge on any atom is -0.308 e. The SMILES string of the molecule is N#Cc1c(-n2c3ccc4ccccc4c3c3c4ccccc4ccc32)cc(C=N)cc1-n1c2ccc3ccccc3c2c2c3ccccc3ccc21. The van der Waals surface area contributed by atoms with E-state index in [0.29, 0.717) is 5.56 Å². The number of rotatable bonds is 3. The van der Waals surface area contributed by atoms with Crippen molar-refractivity contribution in [1.29, 1.82) is 10.7 Å². The molecule has 0 aliphatic heterocycles. The van der Waals surface area contributed by atoms with Crippen LogP contribution in [0.5, 0.6) is 0 Å². The lowest BCUT2D eigenvalue weighted by Gasteiger charge is -2.17. The maximum absolute atomic E-state index is 11.3. The molecule has 1 N–H and O–H groups in total. The zero-order chi connectivity index (χ0) is 34.5. The molecule has 0 spiro atoms. The first-order valence-electron chi connectivity index (χ1n) is 17.5. The Balaban J connectivity index is 1.34. The van der Waals surface area contributed by atoms with Crippen molar-refractivity contribution in [2.45, 2.75) is 0 Å². The molecule has 0 unspecified atom stereocenters. The molecule has 240 valence electrons. The van der Waals surface area contributed by atoms with Gasteiger partial charge in [-0.25, -0.2) is 0 Å². The maximum Gasteiger partial charge on any atom is 0.104 e. The molecule has 2 aromatic heterocycles. The summed E-state index contributed by atoms with van der Waals surface area (Å²) in [4.78, 5) is 0. The first kappa shape index (κ1) is 28.6. The Labute approximate surface area is 298 Å². The number of nitriles is 1. The second-order valence-electron chi connectivity index (χ2n) is 13.6. The van der Waals surface area contributed by atoms with E-state index in [1.807, 2.05) is 12.1 Å². The van der Waals surface area contributed by atoms with E-state index in [9.17, 15) is 5.26 Å². The van der Waals surface area contributed by atoms with Gasteiger partial charge in [-0.1, -0.05) is 121 Å². The number of hydrogen-bond acceptors (Lipinski definition) is 2. The average molecular weight is 661 g/mol. The number of nitrogens with one attached hydrogen (secondary N) is 1. The van der Waals surface area contributed by atoms with Gasteiger partial charge >= 0.3 is 0 Å². The van der Waals surface area contributed by atoms with Crippen LogP contribution in [0.2, 0.25) is 0 Å². The van der Waals surface area contributed by atoms with Gasteiger partial charge in [0.15, 0.2) is 0 Å². The number of benzene rings is 9. The van der Waals surface area contributed by atoms with Gasteiger partial charge in [0, 0.05) is 27.8 Å². The van der Waals surface area contributed by atoms with Crippen LogP contribution < -0.4 is 0 Å². The summed E-state index contributed by atoms with van der Waals surface area (Å²) in [5.41, 5.74) is 6.86. The summed E-state index contributed by atoms with van der Waals surface area (Å²) in [6.07, 6.45) is 1.39. The van der Waals surface area contributed by atoms with Crippen molar-refractivity contribution >= 4 is 92.9 Å². The van der Waals surface area contributed by atoms with Crippen molar-refractivity contribution in [1.82, 2.24) is 9.13 Å². The van der Waals surface area contributed by atoms with E-state index in [2.05, 4.69) is 161 Å². The van der Waals surface area contributed by atoms with E-state index >= 15 is 0 Å². The molecule has 11 rings (SSSR count). The number of nitrogens with zero attached hydrogens (tertiary/aromatic N) is 3. The molecular weight excluding hydrogens is 633 g/mol. The van der Waals surface area contributed by atoms with E-state index in [1.54, 1.807) is 0 Å². The lowest BCUT2D eigenvalue weighted by atomic mass is 10.00. The Hall–Kier alpha value is -7.22. The highest BCUT2D eigenvalue weighted by atomic mass is 15.0. The Kier molecular flexibility index (Phi) is 5.85. The molecule has 0 bridgehead atoms. The van der Waals surface area contributed by atoms with Gasteiger partial charge in [0.1, 0.15) is 11.6 Å². The van der Waals surface area contributed by atoms with Crippen LogP contribution in [0.1, 0.15) is 11.1 Å². The second kappa shape index (κ2) is 10.6. The lowest BCUT2D eigenvalue weighted by molar-refractivity contribution is 1.12. The molecule has 0 aliphatic carbocycles. The fourth-order valence-corrected chi connectivity index (χ4v) is 8.80. The minimum atomic E-state index is 0.547. The van der Waals surface area contributed by atoms with E-state index in [0.717, 1.165) is 60.5 Å². The monoisotopic (exact) mass is 660 g/mol. The van der Waals surface area contributed by atoms with Crippen LogP contribution in [-0.4, -0.2) is 15.3 Å². The van der Waals surface area contributed by atoms with Crippen molar-refractivity contribution < 1.29 is 0 Å². The first-order valence-corrected chi connectivity index (χ1v) is 17.5. The third kappa shape index (κ3) is 3.77. The van der Waals surface area contributed by atoms with Crippen molar-refractivity contribution in [2.75, 3.05) is 0 Å². The zero-order valence-electron chi connectivity index (χ0n) is 27.9. The van der Waals surface area contributed by atoms with Crippen LogP contribution in [0.25, 0.3) is 98.1 Å². The summed E-state index contributed by atoms with van der Waals surface area (Å²) in [5, 5.41) is 33.9. The molecule has 11 aromatic rings. The molecule has 4 nitrogen and oxygen atoms in total. The first-order chi connectivity index (χ1) is 25.7. The fraction of sp³-hybridized carbons (Fsp3) is 0. The summed E-state index contributed by atoms with van der Waals surface area (Å²) >= 11 is 0. The van der Waals surface area contributed by atoms with Gasteiger partial charge in [-0.3, -0.25) is 0 Å². The van der Waals surface area contributed by atoms with Crippen molar-refractivity contribution in [3.8, 4) is 17.4 Å². The summed E-state index contributed by atoms with van der Waals surface area (Å²) < 4.78 is 4.49. The zero-order valence-corrected chi connectivity index (χ0v) is 27.9. The number of fused-ring (bicyclic) bond motifs is 14. The summed E-state index contributed by atoms with van der Waals surface area (Å²) in [5.74, 6) is 0. The summed E-state index contributed by atoms with van der Waals surface area (Å²) in [7, 11) is 0. The van der Waals surface area contributed by atoms with Gasteiger partial charge in [0.2, 0.25) is 0 Å². The largest absolute Gasteiger partial charge is 0.308 e. The van der Waals surface area contributed by atoms with Gasteiger partial charge in [0.25, 0.3) is 0 Å². The molecule has 0 fully saturated rings. The van der Waals surface area contributed by atoms with Crippen LogP contribution in [0.15, 0.2) is 158 Å². The van der Waals surface area contributed by atoms with Gasteiger partial charge in [-0.05, 0) is 85.1 Å². The van der Waals surface area contributed by atoms with E-state index in [1.165, 1.54) is 49.3 Å². The van der Waals surface area contributed by atoms with Crippen molar-refractivity contribution in [3.63, 3.8) is 0 Å². The van der Waals surface area contributed by atoms with Crippen LogP contribution in [0, 0.1) is 16.7 Å². The smallest absolute Gasteiger partial charge is 0.104 e. The molecule has 4 heteroatoms. The predicted octanol–water partition coefficient (Wildman–Crippen LogP) is 12.4. The van der Waals surface area contributed by atoms with Crippen LogP contribution >= 0.6 is 0 Å². The Morgan fingerprint density at radius 2 is 0.731 bits per heavy atom. The molecule has 2 heterocycles. The highest BCUT2D eigenvalue weighted by Crippen LogP contribution is 2.44. The third-order valence-corrected chi connectivity index (χ3v) is 11.0. The Bertz CT molecular complexity index is 2990. The molecule has 0 amide bonds. The van der Waals surface area contributed by atoms with Gasteiger partial charge in [-0.15, -0.1) is 0 Å². The molecule has 0 atom stereocenters. The highest BCUT2D eigenvalue weighted by Gasteiger charge is 2.24. The Morgan fingerprint density at radius 1 is 0.423 bits per heavy atom. The highest BCUT2D eigenvalue weighted by molar-refractivity contribution is 6.30. The fourth-order valence-electron chi connectivity index (χ4n) is 8.80. The predicted molar refractivity (Wildman–Crippen MR) is 218 cm³/mol. The third-order valence-electron chi connectivity index (χ3n) is 11.0. The quantitative estimate of drug-likeness (QED) is 0.188. The van der Waals surface area contributed by atoms with Crippen molar-refractivity contribution in [2.24, 2.45) is 0 Å². The van der Waals surface area contributed by atoms with Crippen LogP contribution in [0.3, 0.4) is 0 Å². The van der Waals surface area contributed by atoms with Gasteiger partial charge in [0.05, 0.1) is 33.4 Å². The van der Waals surface area contributed by atoms with E-state index < -0.39 is 0 Å². The summed E-state index contributed by atoms with van der Waals surface area (Å²) in [6.45, 7) is 0. The maximum atomic E-state index is 11.3. The normalized spacial score (nSPS) is 11.9. The standard InChI is InChI=1S/C48H28N4/c49-27-29-25-43(51-39-21-17-30-9-1-5-13-34(30)45(39)46-35-14-6-2-10-31(35)18-22-40(46)51)38(28-50)44(26-29)52-41-23-19-32-11-3-7-15-36(32)47(41)48-37-16-8-4-12-33(37)20-24-42(48)52/h1-27,49H. The van der Waals surface area contributed by atoms with Gasteiger partial charge < -0.3 is 14.5 Å². The van der Waals surface area contributed by atoms with E-state index in [4.69, 9.17) is 5.41 Å². The molecule has 9 aromatic carbocycles. The molecule has 0 radical (unpaired) electrons. The summed E-state index contributed by atoms with van der Waals surface area (Å²) in [6, 6.07) is 58.2. The topological polar surface area (TPSA) is 57.5 Å². The second-order valence-corrected chi connectivity index (χ2v) is 13.6. The van der Waals surface area contributed by atoms with Crippen LogP contribution in [0.4, 0.5) is 0 Å². The average Bonchev–Trinajstić information content (AvgIpc) is 3.74. The Morgan fingerprint density at radius 3 is 1.02 bits per heavy atom. The molecule has 52 heavy (non-hydrogen) atoms. The molecule has 0 saturated carbocycles.